The molecule has 0 spiro atoms. The molecule has 0 aliphatic heterocycles. The summed E-state index contributed by atoms with van der Waals surface area (Å²) in [5.41, 5.74) is 0.549. The van der Waals surface area contributed by atoms with Crippen LogP contribution in [0.4, 0.5) is 10.1 Å². The van der Waals surface area contributed by atoms with Gasteiger partial charge in [0, 0.05) is 25.3 Å². The van der Waals surface area contributed by atoms with Crippen molar-refractivity contribution in [3.63, 3.8) is 0 Å². The zero-order chi connectivity index (χ0) is 22.8. The van der Waals surface area contributed by atoms with Gasteiger partial charge in [-0.25, -0.2) is 21.9 Å². The highest BCUT2D eigenvalue weighted by Crippen LogP contribution is 2.28. The monoisotopic (exact) mass is 450 g/mol. The molecule has 31 heavy (non-hydrogen) atoms. The molecule has 0 fully saturated rings. The summed E-state index contributed by atoms with van der Waals surface area (Å²) in [6, 6.07) is 9.25. The number of methoxy groups -OCH3 is 1. The minimum absolute atomic E-state index is 0.0680. The number of amides is 1. The Morgan fingerprint density at radius 3 is 2.52 bits per heavy atom. The van der Waals surface area contributed by atoms with E-state index in [-0.39, 0.29) is 22.2 Å². The van der Waals surface area contributed by atoms with E-state index in [4.69, 9.17) is 9.15 Å². The molecule has 0 saturated carbocycles. The first-order chi connectivity index (χ1) is 14.6. The van der Waals surface area contributed by atoms with Crippen molar-refractivity contribution in [1.82, 2.24) is 14.1 Å². The average molecular weight is 450 g/mol. The predicted octanol–water partition coefficient (Wildman–Crippen LogP) is 1.54. The molecule has 0 bridgehead atoms. The van der Waals surface area contributed by atoms with Gasteiger partial charge in [0.25, 0.3) is 0 Å². The van der Waals surface area contributed by atoms with Crippen LogP contribution in [0.15, 0.2) is 56.6 Å². The van der Waals surface area contributed by atoms with E-state index in [9.17, 15) is 22.4 Å². The Hall–Kier alpha value is -3.51. The first-order valence-corrected chi connectivity index (χ1v) is 10.3. The molecule has 3 rings (SSSR count). The highest BCUT2D eigenvalue weighted by Gasteiger charge is 2.23. The second-order valence-corrected chi connectivity index (χ2v) is 8.66. The van der Waals surface area contributed by atoms with Crippen molar-refractivity contribution >= 4 is 21.6 Å². The molecular weight excluding hydrogens is 431 g/mol. The van der Waals surface area contributed by atoms with Gasteiger partial charge < -0.3 is 14.5 Å². The van der Waals surface area contributed by atoms with E-state index in [1.807, 2.05) is 0 Å². The van der Waals surface area contributed by atoms with E-state index >= 15 is 0 Å². The Kier molecular flexibility index (Phi) is 6.22. The van der Waals surface area contributed by atoms with Crippen LogP contribution < -0.4 is 15.8 Å². The molecular formula is C19H19FN4O6S. The predicted molar refractivity (Wildman–Crippen MR) is 109 cm³/mol. The largest absolute Gasteiger partial charge is 0.495 e. The molecule has 10 nitrogen and oxygen atoms in total. The van der Waals surface area contributed by atoms with E-state index in [0.29, 0.717) is 5.56 Å². The number of anilines is 1. The standard InChI is InChI=1S/C19H19FN4O6S/c1-23(2)31(27,28)16-10-14(8-9-15(16)29-3)21-17(25)11-24-19(26)30-18(22-24)12-4-6-13(20)7-5-12/h4-10H,11H2,1-3H3,(H,21,25). The van der Waals surface area contributed by atoms with Crippen molar-refractivity contribution in [3.8, 4) is 17.2 Å². The first-order valence-electron chi connectivity index (χ1n) is 8.86. The van der Waals surface area contributed by atoms with E-state index < -0.39 is 34.0 Å². The fourth-order valence-corrected chi connectivity index (χ4v) is 3.68. The highest BCUT2D eigenvalue weighted by atomic mass is 32.2. The van der Waals surface area contributed by atoms with Gasteiger partial charge in [-0.3, -0.25) is 4.79 Å². The molecule has 1 amide bonds. The molecule has 0 unspecified atom stereocenters. The molecule has 1 N–H and O–H groups in total. The lowest BCUT2D eigenvalue weighted by molar-refractivity contribution is -0.117. The van der Waals surface area contributed by atoms with Crippen LogP contribution in [0.25, 0.3) is 11.5 Å². The third kappa shape index (κ3) is 4.81. The van der Waals surface area contributed by atoms with Crippen molar-refractivity contribution in [2.45, 2.75) is 11.4 Å². The number of ether oxygens (including phenoxy) is 1. The third-order valence-corrected chi connectivity index (χ3v) is 6.03. The van der Waals surface area contributed by atoms with Gasteiger partial charge in [0.2, 0.25) is 21.8 Å². The highest BCUT2D eigenvalue weighted by molar-refractivity contribution is 7.89. The minimum atomic E-state index is -3.83. The molecule has 1 aromatic heterocycles. The first kappa shape index (κ1) is 22.2. The zero-order valence-electron chi connectivity index (χ0n) is 16.8. The van der Waals surface area contributed by atoms with Crippen LogP contribution in [0.1, 0.15) is 0 Å². The van der Waals surface area contributed by atoms with Crippen LogP contribution in [0.5, 0.6) is 5.75 Å². The summed E-state index contributed by atoms with van der Waals surface area (Å²) in [4.78, 5) is 24.2. The van der Waals surface area contributed by atoms with Gasteiger partial charge in [0.1, 0.15) is 23.0 Å². The Bertz CT molecular complexity index is 1270. The summed E-state index contributed by atoms with van der Waals surface area (Å²) in [6.07, 6.45) is 0. The van der Waals surface area contributed by atoms with Gasteiger partial charge in [-0.2, -0.15) is 4.68 Å². The van der Waals surface area contributed by atoms with Crippen LogP contribution in [-0.4, -0.2) is 49.6 Å². The van der Waals surface area contributed by atoms with Crippen molar-refractivity contribution < 1.29 is 26.8 Å². The Morgan fingerprint density at radius 1 is 1.23 bits per heavy atom. The molecule has 164 valence electrons. The molecule has 0 radical (unpaired) electrons. The second-order valence-electron chi connectivity index (χ2n) is 6.54. The van der Waals surface area contributed by atoms with Crippen LogP contribution in [0.2, 0.25) is 0 Å². The maximum atomic E-state index is 13.0. The van der Waals surface area contributed by atoms with Gasteiger partial charge >= 0.3 is 5.76 Å². The van der Waals surface area contributed by atoms with Gasteiger partial charge in [0.15, 0.2) is 0 Å². The molecule has 0 atom stereocenters. The summed E-state index contributed by atoms with van der Waals surface area (Å²) < 4.78 is 49.9. The topological polar surface area (TPSA) is 124 Å². The van der Waals surface area contributed by atoms with Crippen molar-refractivity contribution in [2.75, 3.05) is 26.5 Å². The lowest BCUT2D eigenvalue weighted by atomic mass is 10.2. The lowest BCUT2D eigenvalue weighted by Gasteiger charge is -2.15. The van der Waals surface area contributed by atoms with Crippen molar-refractivity contribution in [2.24, 2.45) is 0 Å². The summed E-state index contributed by atoms with van der Waals surface area (Å²) in [5.74, 6) is -1.93. The smallest absolute Gasteiger partial charge is 0.437 e. The number of sulfonamides is 1. The normalized spacial score (nSPS) is 11.5. The van der Waals surface area contributed by atoms with E-state index in [1.165, 1.54) is 63.7 Å². The maximum Gasteiger partial charge on any atom is 0.437 e. The number of hydrogen-bond donors (Lipinski definition) is 1. The molecule has 1 heterocycles. The van der Waals surface area contributed by atoms with Crippen LogP contribution in [0.3, 0.4) is 0 Å². The number of aromatic nitrogens is 2. The number of nitrogens with zero attached hydrogens (tertiary/aromatic N) is 3. The van der Waals surface area contributed by atoms with Gasteiger partial charge in [-0.15, -0.1) is 5.10 Å². The number of carbonyl (C=O) groups excluding carboxylic acids is 1. The average Bonchev–Trinajstić information content (AvgIpc) is 3.08. The third-order valence-electron chi connectivity index (χ3n) is 4.20. The molecule has 3 aromatic rings. The minimum Gasteiger partial charge on any atom is -0.495 e. The number of rotatable bonds is 7. The Morgan fingerprint density at radius 2 is 1.90 bits per heavy atom. The fourth-order valence-electron chi connectivity index (χ4n) is 2.60. The van der Waals surface area contributed by atoms with E-state index in [0.717, 1.165) is 8.99 Å². The van der Waals surface area contributed by atoms with E-state index in [2.05, 4.69) is 10.4 Å². The molecule has 2 aromatic carbocycles. The van der Waals surface area contributed by atoms with E-state index in [1.54, 1.807) is 0 Å². The summed E-state index contributed by atoms with van der Waals surface area (Å²) in [5, 5.41) is 6.44. The van der Waals surface area contributed by atoms with Gasteiger partial charge in [-0.05, 0) is 42.5 Å². The molecule has 0 saturated heterocycles. The number of hydrogen-bond acceptors (Lipinski definition) is 7. The number of benzene rings is 2. The SMILES string of the molecule is COc1ccc(NC(=O)Cn2nc(-c3ccc(F)cc3)oc2=O)cc1S(=O)(=O)N(C)C. The summed E-state index contributed by atoms with van der Waals surface area (Å²) >= 11 is 0. The maximum absolute atomic E-state index is 13.0. The fraction of sp³-hybridized carbons (Fsp3) is 0.211. The second kappa shape index (κ2) is 8.70. The summed E-state index contributed by atoms with van der Waals surface area (Å²) in [6.45, 7) is -0.481. The number of nitrogens with one attached hydrogen (secondary N) is 1. The molecule has 12 heteroatoms. The number of carbonyl (C=O) groups is 1. The lowest BCUT2D eigenvalue weighted by Crippen LogP contribution is -2.26. The van der Waals surface area contributed by atoms with Gasteiger partial charge in [0.05, 0.1) is 7.11 Å². The number of halogens is 1. The van der Waals surface area contributed by atoms with Gasteiger partial charge in [-0.1, -0.05) is 0 Å². The van der Waals surface area contributed by atoms with Crippen molar-refractivity contribution in [1.29, 1.82) is 0 Å². The molecule has 0 aliphatic rings. The van der Waals surface area contributed by atoms with Crippen molar-refractivity contribution in [3.05, 3.63) is 58.8 Å². The van der Waals surface area contributed by atoms with Crippen LogP contribution >= 0.6 is 0 Å². The molecule has 0 aliphatic carbocycles. The zero-order valence-corrected chi connectivity index (χ0v) is 17.6. The van der Waals surface area contributed by atoms with Crippen LogP contribution in [-0.2, 0) is 21.4 Å². The quantitative estimate of drug-likeness (QED) is 0.579. The van der Waals surface area contributed by atoms with Crippen LogP contribution in [0, 0.1) is 5.82 Å². The Labute approximate surface area is 176 Å². The Balaban J connectivity index is 1.80. The summed E-state index contributed by atoms with van der Waals surface area (Å²) in [7, 11) is 0.247.